The number of likely N-dealkylation sites (tertiary alicyclic amines) is 1. The van der Waals surface area contributed by atoms with Gasteiger partial charge in [0.25, 0.3) is 0 Å². The Kier molecular flexibility index (Phi) is 7.11. The van der Waals surface area contributed by atoms with Gasteiger partial charge in [0.2, 0.25) is 5.91 Å². The number of rotatable bonds is 6. The van der Waals surface area contributed by atoms with Gasteiger partial charge in [-0.05, 0) is 31.2 Å². The Morgan fingerprint density at radius 1 is 1.43 bits per heavy atom. The third-order valence-corrected chi connectivity index (χ3v) is 3.90. The molecule has 1 aliphatic rings. The van der Waals surface area contributed by atoms with Crippen molar-refractivity contribution in [1.82, 2.24) is 10.2 Å². The number of β-amino-alcohol motifs (C(OH)–C–C–N with tert-alkyl or cyclic N) is 1. The lowest BCUT2D eigenvalue weighted by molar-refractivity contribution is -0.145. The van der Waals surface area contributed by atoms with E-state index in [2.05, 4.69) is 5.32 Å². The molecule has 6 nitrogen and oxygen atoms in total. The van der Waals surface area contributed by atoms with E-state index in [4.69, 9.17) is 4.74 Å². The predicted octanol–water partition coefficient (Wildman–Crippen LogP) is 0.393. The first-order valence-electron chi connectivity index (χ1n) is 7.61. The number of carbonyl (C=O) groups excluding carboxylic acids is 2. The second-order valence-electron chi connectivity index (χ2n) is 6.34. The molecule has 0 aromatic carbocycles. The molecular weight excluding hydrogens is 272 g/mol. The standard InChI is InChI=1S/C15H28N2O4/c1-10(2)7-12(15(20)21-4)16-14(19)9-17-6-5-11(3)13(18)8-17/h10-13,18H,5-9H2,1-4H3,(H,16,19). The van der Waals surface area contributed by atoms with Gasteiger partial charge in [0.1, 0.15) is 6.04 Å². The number of amides is 1. The van der Waals surface area contributed by atoms with Crippen molar-refractivity contribution >= 4 is 11.9 Å². The van der Waals surface area contributed by atoms with E-state index in [1.54, 1.807) is 0 Å². The number of piperidine rings is 1. The molecule has 0 saturated carbocycles. The van der Waals surface area contributed by atoms with E-state index in [9.17, 15) is 14.7 Å². The summed E-state index contributed by atoms with van der Waals surface area (Å²) in [5, 5.41) is 12.6. The molecule has 21 heavy (non-hydrogen) atoms. The minimum atomic E-state index is -0.601. The first kappa shape index (κ1) is 17.9. The maximum atomic E-state index is 12.1. The fraction of sp³-hybridized carbons (Fsp3) is 0.867. The molecule has 0 aromatic heterocycles. The summed E-state index contributed by atoms with van der Waals surface area (Å²) in [6.45, 7) is 7.49. The molecule has 0 spiro atoms. The molecule has 1 fully saturated rings. The van der Waals surface area contributed by atoms with Crippen molar-refractivity contribution in [3.8, 4) is 0 Å². The molecular formula is C15H28N2O4. The van der Waals surface area contributed by atoms with Crippen LogP contribution in [0.1, 0.15) is 33.6 Å². The highest BCUT2D eigenvalue weighted by Crippen LogP contribution is 2.16. The van der Waals surface area contributed by atoms with Gasteiger partial charge >= 0.3 is 5.97 Å². The number of hydrogen-bond donors (Lipinski definition) is 2. The maximum absolute atomic E-state index is 12.1. The zero-order valence-electron chi connectivity index (χ0n) is 13.5. The summed E-state index contributed by atoms with van der Waals surface area (Å²) in [6.07, 6.45) is 1.04. The van der Waals surface area contributed by atoms with Crippen LogP contribution in [0, 0.1) is 11.8 Å². The Hall–Kier alpha value is -1.14. The summed E-state index contributed by atoms with van der Waals surface area (Å²) in [7, 11) is 1.32. The third-order valence-electron chi connectivity index (χ3n) is 3.90. The molecule has 1 rings (SSSR count). The lowest BCUT2D eigenvalue weighted by Gasteiger charge is -2.34. The lowest BCUT2D eigenvalue weighted by Crippen LogP contribution is -2.50. The van der Waals surface area contributed by atoms with Crippen LogP contribution in [0.25, 0.3) is 0 Å². The van der Waals surface area contributed by atoms with E-state index in [0.29, 0.717) is 13.0 Å². The van der Waals surface area contributed by atoms with Crippen LogP contribution >= 0.6 is 0 Å². The molecule has 1 aliphatic heterocycles. The number of nitrogens with zero attached hydrogens (tertiary/aromatic N) is 1. The molecule has 3 atom stereocenters. The highest BCUT2D eigenvalue weighted by molar-refractivity contribution is 5.85. The van der Waals surface area contributed by atoms with Gasteiger partial charge in [-0.15, -0.1) is 0 Å². The van der Waals surface area contributed by atoms with Crippen molar-refractivity contribution in [3.05, 3.63) is 0 Å². The van der Waals surface area contributed by atoms with Gasteiger partial charge in [-0.3, -0.25) is 9.69 Å². The number of esters is 1. The maximum Gasteiger partial charge on any atom is 0.328 e. The Morgan fingerprint density at radius 3 is 2.62 bits per heavy atom. The highest BCUT2D eigenvalue weighted by Gasteiger charge is 2.27. The molecule has 1 heterocycles. The van der Waals surface area contributed by atoms with Crippen LogP contribution in [0.5, 0.6) is 0 Å². The number of aliphatic hydroxyl groups is 1. The SMILES string of the molecule is COC(=O)C(CC(C)C)NC(=O)CN1CCC(C)C(O)C1. The lowest BCUT2D eigenvalue weighted by atomic mass is 9.96. The number of ether oxygens (including phenoxy) is 1. The first-order chi connectivity index (χ1) is 9.83. The Labute approximate surface area is 126 Å². The second-order valence-corrected chi connectivity index (χ2v) is 6.34. The molecule has 1 amide bonds. The molecule has 122 valence electrons. The smallest absolute Gasteiger partial charge is 0.328 e. The summed E-state index contributed by atoms with van der Waals surface area (Å²) in [5.74, 6) is -0.0581. The second kappa shape index (κ2) is 8.34. The number of nitrogens with one attached hydrogen (secondary N) is 1. The molecule has 3 unspecified atom stereocenters. The molecule has 0 aromatic rings. The topological polar surface area (TPSA) is 78.9 Å². The van der Waals surface area contributed by atoms with Gasteiger partial charge < -0.3 is 15.2 Å². The van der Waals surface area contributed by atoms with Crippen LogP contribution in [0.15, 0.2) is 0 Å². The Bertz CT molecular complexity index is 360. The molecule has 6 heteroatoms. The van der Waals surface area contributed by atoms with Crippen LogP contribution < -0.4 is 5.32 Å². The summed E-state index contributed by atoms with van der Waals surface area (Å²) in [4.78, 5) is 25.7. The quantitative estimate of drug-likeness (QED) is 0.694. The highest BCUT2D eigenvalue weighted by atomic mass is 16.5. The minimum Gasteiger partial charge on any atom is -0.467 e. The van der Waals surface area contributed by atoms with Crippen molar-refractivity contribution in [1.29, 1.82) is 0 Å². The molecule has 2 N–H and O–H groups in total. The van der Waals surface area contributed by atoms with Crippen molar-refractivity contribution in [2.75, 3.05) is 26.7 Å². The zero-order valence-corrected chi connectivity index (χ0v) is 13.5. The van der Waals surface area contributed by atoms with E-state index in [0.717, 1.165) is 13.0 Å². The van der Waals surface area contributed by atoms with Crippen LogP contribution in [-0.2, 0) is 14.3 Å². The zero-order chi connectivity index (χ0) is 16.0. The van der Waals surface area contributed by atoms with Crippen molar-refractivity contribution in [2.24, 2.45) is 11.8 Å². The van der Waals surface area contributed by atoms with E-state index in [1.807, 2.05) is 25.7 Å². The van der Waals surface area contributed by atoms with Crippen LogP contribution in [0.4, 0.5) is 0 Å². The van der Waals surface area contributed by atoms with Gasteiger partial charge in [-0.2, -0.15) is 0 Å². The number of carbonyl (C=O) groups is 2. The average molecular weight is 300 g/mol. The first-order valence-corrected chi connectivity index (χ1v) is 7.61. The van der Waals surface area contributed by atoms with Gasteiger partial charge in [0, 0.05) is 6.54 Å². The third kappa shape index (κ3) is 6.01. The summed E-state index contributed by atoms with van der Waals surface area (Å²) in [6, 6.07) is -0.601. The van der Waals surface area contributed by atoms with E-state index in [1.165, 1.54) is 7.11 Å². The average Bonchev–Trinajstić information content (AvgIpc) is 2.40. The number of hydrogen-bond acceptors (Lipinski definition) is 5. The largest absolute Gasteiger partial charge is 0.467 e. The van der Waals surface area contributed by atoms with Gasteiger partial charge in [0.05, 0.1) is 19.8 Å². The van der Waals surface area contributed by atoms with Gasteiger partial charge in [0.15, 0.2) is 0 Å². The monoisotopic (exact) mass is 300 g/mol. The fourth-order valence-corrected chi connectivity index (χ4v) is 2.53. The van der Waals surface area contributed by atoms with E-state index in [-0.39, 0.29) is 24.3 Å². The van der Waals surface area contributed by atoms with Crippen LogP contribution in [0.2, 0.25) is 0 Å². The van der Waals surface area contributed by atoms with Crippen molar-refractivity contribution < 1.29 is 19.4 Å². The summed E-state index contributed by atoms with van der Waals surface area (Å²) < 4.78 is 4.73. The fourth-order valence-electron chi connectivity index (χ4n) is 2.53. The molecule has 0 radical (unpaired) electrons. The van der Waals surface area contributed by atoms with E-state index >= 15 is 0 Å². The van der Waals surface area contributed by atoms with Crippen LogP contribution in [0.3, 0.4) is 0 Å². The Balaban J connectivity index is 2.48. The van der Waals surface area contributed by atoms with Gasteiger partial charge in [-0.1, -0.05) is 20.8 Å². The van der Waals surface area contributed by atoms with Crippen molar-refractivity contribution in [3.63, 3.8) is 0 Å². The van der Waals surface area contributed by atoms with E-state index < -0.39 is 18.1 Å². The molecule has 1 saturated heterocycles. The molecule has 0 aliphatic carbocycles. The number of aliphatic hydroxyl groups excluding tert-OH is 1. The number of methoxy groups -OCH3 is 1. The predicted molar refractivity (Wildman–Crippen MR) is 79.6 cm³/mol. The van der Waals surface area contributed by atoms with Gasteiger partial charge in [-0.25, -0.2) is 4.79 Å². The van der Waals surface area contributed by atoms with Crippen molar-refractivity contribution in [2.45, 2.75) is 45.8 Å². The minimum absolute atomic E-state index is 0.201. The normalized spacial score (nSPS) is 24.7. The summed E-state index contributed by atoms with van der Waals surface area (Å²) in [5.41, 5.74) is 0. The van der Waals surface area contributed by atoms with Crippen LogP contribution in [-0.4, -0.2) is 60.8 Å². The summed E-state index contributed by atoms with van der Waals surface area (Å²) >= 11 is 0. The Morgan fingerprint density at radius 2 is 2.10 bits per heavy atom. The molecule has 0 bridgehead atoms.